The van der Waals surface area contributed by atoms with Gasteiger partial charge in [-0.05, 0) is 57.8 Å². The Morgan fingerprint density at radius 1 is 0.304 bits per heavy atom. The molecule has 0 aromatic heterocycles. The van der Waals surface area contributed by atoms with Gasteiger partial charge in [-0.1, -0.05) is 282 Å². The molecule has 69 heavy (non-hydrogen) atoms. The molecule has 0 saturated carbocycles. The zero-order valence-electron chi connectivity index (χ0n) is 44.0. The van der Waals surface area contributed by atoms with Crippen molar-refractivity contribution in [2.75, 3.05) is 13.2 Å². The minimum Gasteiger partial charge on any atom is -0.462 e. The second-order valence-electron chi connectivity index (χ2n) is 17.7. The number of carbonyl (C=O) groups is 3. The first kappa shape index (κ1) is 64.3. The Kier molecular flexibility index (Phi) is 52.1. The van der Waals surface area contributed by atoms with E-state index in [0.29, 0.717) is 19.3 Å². The van der Waals surface area contributed by atoms with Crippen LogP contribution in [0.5, 0.6) is 0 Å². The van der Waals surface area contributed by atoms with Crippen LogP contribution in [0.4, 0.5) is 0 Å². The number of unbranched alkanes of at least 4 members (excludes halogenated alkanes) is 22. The molecule has 0 aliphatic heterocycles. The SMILES string of the molecule is CC\C=C/C=C\C=C/C=C\C=C/CCCCCC(=O)OCC(COC(=O)CCCCC\C=C/C=C\C=C\C=C/C=C\C=C/C=C\CC)OC(=O)CCCCCCCCCCCCCCCCCCC. The minimum absolute atomic E-state index is 0.120. The number of rotatable bonds is 47. The number of ether oxygens (including phenoxy) is 3. The van der Waals surface area contributed by atoms with Gasteiger partial charge in [0.1, 0.15) is 13.2 Å². The summed E-state index contributed by atoms with van der Waals surface area (Å²) in [6.07, 6.45) is 79.7. The molecule has 0 fully saturated rings. The molecule has 0 spiro atoms. The van der Waals surface area contributed by atoms with Crippen molar-refractivity contribution in [2.24, 2.45) is 0 Å². The Morgan fingerprint density at radius 2 is 0.565 bits per heavy atom. The van der Waals surface area contributed by atoms with Gasteiger partial charge in [0.2, 0.25) is 0 Å². The fourth-order valence-corrected chi connectivity index (χ4v) is 7.09. The van der Waals surface area contributed by atoms with Gasteiger partial charge in [0.15, 0.2) is 6.10 Å². The van der Waals surface area contributed by atoms with Gasteiger partial charge in [0, 0.05) is 19.3 Å². The molecule has 0 N–H and O–H groups in total. The molecule has 1 atom stereocenters. The molecular weight excluding hydrogens is 853 g/mol. The van der Waals surface area contributed by atoms with Crippen LogP contribution in [0, 0.1) is 0 Å². The van der Waals surface area contributed by atoms with Gasteiger partial charge in [0.25, 0.3) is 0 Å². The van der Waals surface area contributed by atoms with Gasteiger partial charge in [-0.15, -0.1) is 0 Å². The summed E-state index contributed by atoms with van der Waals surface area (Å²) in [4.78, 5) is 38.1. The molecule has 0 bridgehead atoms. The number of allylic oxidation sites excluding steroid dienone is 24. The van der Waals surface area contributed by atoms with Crippen LogP contribution in [-0.2, 0) is 28.6 Å². The summed E-state index contributed by atoms with van der Waals surface area (Å²) in [5.74, 6) is -1.01. The van der Waals surface area contributed by atoms with E-state index in [2.05, 4.69) is 45.1 Å². The molecule has 6 nitrogen and oxygen atoms in total. The molecule has 0 radical (unpaired) electrons. The van der Waals surface area contributed by atoms with Gasteiger partial charge in [-0.3, -0.25) is 14.4 Å². The predicted octanol–water partition coefficient (Wildman–Crippen LogP) is 18.4. The third kappa shape index (κ3) is 54.1. The first-order valence-corrected chi connectivity index (χ1v) is 27.5. The summed E-state index contributed by atoms with van der Waals surface area (Å²) in [7, 11) is 0. The van der Waals surface area contributed by atoms with Crippen LogP contribution in [0.25, 0.3) is 0 Å². The molecule has 0 aromatic rings. The normalized spacial score (nSPS) is 13.3. The molecule has 0 rings (SSSR count). The van der Waals surface area contributed by atoms with Crippen molar-refractivity contribution in [3.05, 3.63) is 146 Å². The lowest BCUT2D eigenvalue weighted by Gasteiger charge is -2.18. The molecule has 0 amide bonds. The van der Waals surface area contributed by atoms with Crippen molar-refractivity contribution in [3.8, 4) is 0 Å². The Balaban J connectivity index is 4.57. The Labute approximate surface area is 423 Å². The Morgan fingerprint density at radius 3 is 0.884 bits per heavy atom. The molecule has 0 aliphatic carbocycles. The van der Waals surface area contributed by atoms with Crippen LogP contribution in [-0.4, -0.2) is 37.2 Å². The lowest BCUT2D eigenvalue weighted by molar-refractivity contribution is -0.167. The molecule has 6 heteroatoms. The summed E-state index contributed by atoms with van der Waals surface area (Å²) in [6.45, 7) is 6.27. The van der Waals surface area contributed by atoms with E-state index < -0.39 is 6.10 Å². The lowest BCUT2D eigenvalue weighted by Crippen LogP contribution is -2.30. The van der Waals surface area contributed by atoms with Gasteiger partial charge >= 0.3 is 17.9 Å². The number of carbonyl (C=O) groups excluding carboxylic acids is 3. The van der Waals surface area contributed by atoms with E-state index >= 15 is 0 Å². The molecular formula is C63H98O6. The van der Waals surface area contributed by atoms with Gasteiger partial charge in [-0.2, -0.15) is 0 Å². The second-order valence-corrected chi connectivity index (χ2v) is 17.7. The average Bonchev–Trinajstić information content (AvgIpc) is 3.35. The van der Waals surface area contributed by atoms with E-state index in [4.69, 9.17) is 14.2 Å². The van der Waals surface area contributed by atoms with Crippen LogP contribution in [0.15, 0.2) is 146 Å². The van der Waals surface area contributed by atoms with E-state index in [1.165, 1.54) is 89.9 Å². The summed E-state index contributed by atoms with van der Waals surface area (Å²) >= 11 is 0. The first-order chi connectivity index (χ1) is 34.0. The van der Waals surface area contributed by atoms with Gasteiger partial charge in [0.05, 0.1) is 0 Å². The van der Waals surface area contributed by atoms with Gasteiger partial charge < -0.3 is 14.2 Å². The molecule has 0 aliphatic rings. The number of hydrogen-bond acceptors (Lipinski definition) is 6. The maximum absolute atomic E-state index is 12.9. The van der Waals surface area contributed by atoms with Crippen LogP contribution < -0.4 is 0 Å². The van der Waals surface area contributed by atoms with Crippen molar-refractivity contribution in [1.29, 1.82) is 0 Å². The molecule has 0 aromatic carbocycles. The first-order valence-electron chi connectivity index (χ1n) is 27.5. The third-order valence-corrected chi connectivity index (χ3v) is 11.2. The fraction of sp³-hybridized carbons (Fsp3) is 0.571. The third-order valence-electron chi connectivity index (χ3n) is 11.2. The summed E-state index contributed by atoms with van der Waals surface area (Å²) < 4.78 is 16.8. The number of esters is 3. The van der Waals surface area contributed by atoms with Crippen molar-refractivity contribution < 1.29 is 28.6 Å². The van der Waals surface area contributed by atoms with E-state index in [-0.39, 0.29) is 31.1 Å². The van der Waals surface area contributed by atoms with Crippen molar-refractivity contribution in [2.45, 2.75) is 219 Å². The smallest absolute Gasteiger partial charge is 0.306 e. The van der Waals surface area contributed by atoms with Crippen molar-refractivity contribution >= 4 is 17.9 Å². The predicted molar refractivity (Wildman–Crippen MR) is 297 cm³/mol. The topological polar surface area (TPSA) is 78.9 Å². The van der Waals surface area contributed by atoms with Crippen LogP contribution in [0.3, 0.4) is 0 Å². The molecule has 0 saturated heterocycles. The second kappa shape index (κ2) is 55.9. The van der Waals surface area contributed by atoms with E-state index in [1.54, 1.807) is 0 Å². The van der Waals surface area contributed by atoms with Crippen LogP contribution >= 0.6 is 0 Å². The maximum Gasteiger partial charge on any atom is 0.306 e. The zero-order valence-corrected chi connectivity index (χ0v) is 44.0. The summed E-state index contributed by atoms with van der Waals surface area (Å²) in [5, 5.41) is 0. The van der Waals surface area contributed by atoms with Crippen LogP contribution in [0.1, 0.15) is 213 Å². The zero-order chi connectivity index (χ0) is 50.0. The van der Waals surface area contributed by atoms with Crippen LogP contribution in [0.2, 0.25) is 0 Å². The van der Waals surface area contributed by atoms with Crippen molar-refractivity contribution in [1.82, 2.24) is 0 Å². The van der Waals surface area contributed by atoms with E-state index in [0.717, 1.165) is 83.5 Å². The quantitative estimate of drug-likeness (QED) is 0.0262. The largest absolute Gasteiger partial charge is 0.462 e. The Hall–Kier alpha value is -4.71. The maximum atomic E-state index is 12.9. The fourth-order valence-electron chi connectivity index (χ4n) is 7.09. The number of hydrogen-bond donors (Lipinski definition) is 0. The highest BCUT2D eigenvalue weighted by molar-refractivity contribution is 5.71. The summed E-state index contributed by atoms with van der Waals surface area (Å²) in [6, 6.07) is 0. The minimum atomic E-state index is -0.820. The Bertz CT molecular complexity index is 1560. The standard InChI is InChI=1S/C63H98O6/c1-4-7-10-13-16-19-22-25-28-30-31-33-35-38-41-44-47-50-53-56-62(65)68-59-60(58-67-61(64)55-52-49-46-43-40-37-34-27-24-21-18-15-12-9-6-3)69-63(66)57-54-51-48-45-42-39-36-32-29-26-23-20-17-14-11-8-5-2/h7,9-10,12-13,15-16,18-19,21-22,24-25,27-28,30-31,33-35,37-38,40-41,60H,4-6,8,11,14,17,20,23,26,29,32,36,39,42-59H2,1-3H3/b10-7-,12-9-,16-13-,18-15-,22-19-,24-21-,28-25-,31-30+,34-27-,35-33-,40-37-,41-38-. The van der Waals surface area contributed by atoms with E-state index in [1.807, 2.05) is 122 Å². The molecule has 386 valence electrons. The molecule has 0 heterocycles. The summed E-state index contributed by atoms with van der Waals surface area (Å²) in [5.41, 5.74) is 0. The lowest BCUT2D eigenvalue weighted by atomic mass is 10.0. The van der Waals surface area contributed by atoms with E-state index in [9.17, 15) is 14.4 Å². The highest BCUT2D eigenvalue weighted by atomic mass is 16.6. The highest BCUT2D eigenvalue weighted by Gasteiger charge is 2.19. The van der Waals surface area contributed by atoms with Crippen molar-refractivity contribution in [3.63, 3.8) is 0 Å². The van der Waals surface area contributed by atoms with Gasteiger partial charge in [-0.25, -0.2) is 0 Å². The monoisotopic (exact) mass is 951 g/mol. The molecule has 1 unspecified atom stereocenters. The average molecular weight is 951 g/mol. The highest BCUT2D eigenvalue weighted by Crippen LogP contribution is 2.15.